The van der Waals surface area contributed by atoms with Gasteiger partial charge in [0.05, 0.1) is 0 Å². The zero-order chi connectivity index (χ0) is 14.3. The minimum Gasteiger partial charge on any atom is -0.480 e. The van der Waals surface area contributed by atoms with Crippen molar-refractivity contribution in [1.29, 1.82) is 0 Å². The van der Waals surface area contributed by atoms with Gasteiger partial charge in [-0.15, -0.1) is 0 Å². The van der Waals surface area contributed by atoms with E-state index >= 15 is 0 Å². The van der Waals surface area contributed by atoms with Gasteiger partial charge < -0.3 is 15.2 Å². The number of carbonyl (C=O) groups excluding carboxylic acids is 2. The van der Waals surface area contributed by atoms with Crippen LogP contribution >= 0.6 is 0 Å². The van der Waals surface area contributed by atoms with Crippen molar-refractivity contribution in [2.24, 2.45) is 0 Å². The number of amides is 3. The van der Waals surface area contributed by atoms with Gasteiger partial charge in [0.25, 0.3) is 5.91 Å². The van der Waals surface area contributed by atoms with Crippen molar-refractivity contribution in [1.82, 2.24) is 5.32 Å². The predicted molar refractivity (Wildman–Crippen MR) is 66.8 cm³/mol. The largest absolute Gasteiger partial charge is 0.480 e. The smallest absolute Gasteiger partial charge is 0.329 e. The Morgan fingerprint density at radius 3 is 2.63 bits per heavy atom. The molecule has 102 valence electrons. The van der Waals surface area contributed by atoms with Crippen LogP contribution in [-0.4, -0.2) is 36.2 Å². The number of aliphatic carboxylic acids is 1. The van der Waals surface area contributed by atoms with Crippen molar-refractivity contribution >= 4 is 23.6 Å². The summed E-state index contributed by atoms with van der Waals surface area (Å²) in [6, 6.07) is 6.36. The van der Waals surface area contributed by atoms with Crippen LogP contribution in [0.15, 0.2) is 24.3 Å². The Balaban J connectivity index is 2.34. The molecule has 0 bridgehead atoms. The number of imide groups is 1. The van der Waals surface area contributed by atoms with Crippen molar-refractivity contribution in [2.75, 3.05) is 18.5 Å². The Kier molecular flexibility index (Phi) is 5.49. The molecular formula is C12H14N2O5. The number of hydrogen-bond donors (Lipinski definition) is 3. The van der Waals surface area contributed by atoms with E-state index in [1.165, 1.54) is 0 Å². The van der Waals surface area contributed by atoms with E-state index in [1.54, 1.807) is 18.2 Å². The van der Waals surface area contributed by atoms with E-state index in [4.69, 9.17) is 5.11 Å². The molecule has 0 atom stereocenters. The minimum absolute atomic E-state index is 0.493. The lowest BCUT2D eigenvalue weighted by Gasteiger charge is -2.07. The van der Waals surface area contributed by atoms with Gasteiger partial charge in [-0.3, -0.25) is 10.1 Å². The van der Waals surface area contributed by atoms with Crippen molar-refractivity contribution < 1.29 is 24.2 Å². The van der Waals surface area contributed by atoms with E-state index in [2.05, 4.69) is 10.1 Å². The van der Waals surface area contributed by atoms with E-state index in [0.717, 1.165) is 5.56 Å². The molecule has 19 heavy (non-hydrogen) atoms. The van der Waals surface area contributed by atoms with Crippen LogP contribution in [0.3, 0.4) is 0 Å². The van der Waals surface area contributed by atoms with Crippen LogP contribution in [0, 0.1) is 6.92 Å². The first-order chi connectivity index (χ1) is 8.97. The molecule has 1 aromatic rings. The van der Waals surface area contributed by atoms with Crippen LogP contribution in [0.4, 0.5) is 10.5 Å². The second-order valence-corrected chi connectivity index (χ2v) is 3.76. The fraction of sp³-hybridized carbons (Fsp3) is 0.250. The molecule has 0 saturated heterocycles. The highest BCUT2D eigenvalue weighted by molar-refractivity contribution is 6.01. The number of benzene rings is 1. The average molecular weight is 266 g/mol. The summed E-state index contributed by atoms with van der Waals surface area (Å²) in [4.78, 5) is 32.8. The number of rotatable bonds is 5. The number of carbonyl (C=O) groups is 3. The van der Waals surface area contributed by atoms with Crippen LogP contribution < -0.4 is 10.6 Å². The zero-order valence-corrected chi connectivity index (χ0v) is 10.3. The summed E-state index contributed by atoms with van der Waals surface area (Å²) in [5.41, 5.74) is 1.52. The molecule has 3 N–H and O–H groups in total. The Morgan fingerprint density at radius 2 is 2.00 bits per heavy atom. The van der Waals surface area contributed by atoms with Gasteiger partial charge in [-0.05, 0) is 24.6 Å². The Hall–Kier alpha value is -2.41. The second-order valence-electron chi connectivity index (χ2n) is 3.76. The van der Waals surface area contributed by atoms with Gasteiger partial charge in [-0.25, -0.2) is 9.59 Å². The third-order valence-electron chi connectivity index (χ3n) is 1.99. The average Bonchev–Trinajstić information content (AvgIpc) is 2.27. The molecule has 0 fully saturated rings. The van der Waals surface area contributed by atoms with Crippen LogP contribution in [0.5, 0.6) is 0 Å². The van der Waals surface area contributed by atoms with Crippen molar-refractivity contribution in [3.63, 3.8) is 0 Å². The minimum atomic E-state index is -1.18. The number of hydrogen-bond acceptors (Lipinski definition) is 4. The summed E-state index contributed by atoms with van der Waals surface area (Å²) in [5, 5.41) is 12.8. The fourth-order valence-corrected chi connectivity index (χ4v) is 1.28. The van der Waals surface area contributed by atoms with Gasteiger partial charge in [0, 0.05) is 5.69 Å². The normalized spacial score (nSPS) is 9.74. The molecule has 7 nitrogen and oxygen atoms in total. The Bertz CT molecular complexity index is 487. The van der Waals surface area contributed by atoms with E-state index in [1.807, 2.05) is 18.3 Å². The molecule has 1 rings (SSSR count). The number of nitrogens with one attached hydrogen (secondary N) is 2. The van der Waals surface area contributed by atoms with E-state index in [0.29, 0.717) is 5.69 Å². The first-order valence-corrected chi connectivity index (χ1v) is 5.44. The maximum absolute atomic E-state index is 11.4. The fourth-order valence-electron chi connectivity index (χ4n) is 1.28. The SMILES string of the molecule is Cc1cccc(NC(=O)NC(=O)COCC(=O)O)c1. The molecule has 0 heterocycles. The molecule has 0 aliphatic heterocycles. The molecule has 1 aromatic carbocycles. The second kappa shape index (κ2) is 7.12. The maximum Gasteiger partial charge on any atom is 0.329 e. The summed E-state index contributed by atoms with van der Waals surface area (Å²) < 4.78 is 4.54. The Morgan fingerprint density at radius 1 is 1.26 bits per heavy atom. The molecule has 0 unspecified atom stereocenters. The van der Waals surface area contributed by atoms with Crippen molar-refractivity contribution in [3.05, 3.63) is 29.8 Å². The summed E-state index contributed by atoms with van der Waals surface area (Å²) in [6.07, 6.45) is 0. The van der Waals surface area contributed by atoms with Gasteiger partial charge in [0.2, 0.25) is 0 Å². The number of carboxylic acids is 1. The highest BCUT2D eigenvalue weighted by Gasteiger charge is 2.08. The summed E-state index contributed by atoms with van der Waals surface area (Å²) in [5.74, 6) is -1.90. The van der Waals surface area contributed by atoms with Crippen molar-refractivity contribution in [3.8, 4) is 0 Å². The first kappa shape index (κ1) is 14.7. The number of anilines is 1. The Labute approximate surface area is 109 Å². The monoisotopic (exact) mass is 266 g/mol. The van der Waals surface area contributed by atoms with Gasteiger partial charge in [-0.1, -0.05) is 12.1 Å². The quantitative estimate of drug-likeness (QED) is 0.729. The van der Waals surface area contributed by atoms with Crippen molar-refractivity contribution in [2.45, 2.75) is 6.92 Å². The lowest BCUT2D eigenvalue weighted by molar-refractivity contribution is -0.143. The highest BCUT2D eigenvalue weighted by Crippen LogP contribution is 2.08. The van der Waals surface area contributed by atoms with Gasteiger partial charge in [-0.2, -0.15) is 0 Å². The van der Waals surface area contributed by atoms with Gasteiger partial charge in [0.15, 0.2) is 0 Å². The molecule has 7 heteroatoms. The molecular weight excluding hydrogens is 252 g/mol. The third-order valence-corrected chi connectivity index (χ3v) is 1.99. The van der Waals surface area contributed by atoms with Crippen LogP contribution in [0.2, 0.25) is 0 Å². The van der Waals surface area contributed by atoms with Crippen LogP contribution in [-0.2, 0) is 14.3 Å². The predicted octanol–water partition coefficient (Wildman–Crippen LogP) is 0.744. The standard InChI is InChI=1S/C12H14N2O5/c1-8-3-2-4-9(5-8)13-12(18)14-10(15)6-19-7-11(16)17/h2-5H,6-7H2,1H3,(H,16,17)(H2,13,14,15,18). The first-order valence-electron chi connectivity index (χ1n) is 5.44. The topological polar surface area (TPSA) is 105 Å². The van der Waals surface area contributed by atoms with Gasteiger partial charge >= 0.3 is 12.0 Å². The van der Waals surface area contributed by atoms with E-state index < -0.39 is 31.1 Å². The number of carboxylic acid groups (broad SMARTS) is 1. The zero-order valence-electron chi connectivity index (χ0n) is 10.3. The molecule has 0 spiro atoms. The van der Waals surface area contributed by atoms with E-state index in [9.17, 15) is 14.4 Å². The summed E-state index contributed by atoms with van der Waals surface area (Å²) >= 11 is 0. The third kappa shape index (κ3) is 6.18. The molecule has 0 aromatic heterocycles. The maximum atomic E-state index is 11.4. The molecule has 3 amide bonds. The molecule has 0 saturated carbocycles. The lowest BCUT2D eigenvalue weighted by atomic mass is 10.2. The summed E-state index contributed by atoms with van der Waals surface area (Å²) in [6.45, 7) is 0.786. The summed E-state index contributed by atoms with van der Waals surface area (Å²) in [7, 11) is 0. The van der Waals surface area contributed by atoms with E-state index in [-0.39, 0.29) is 0 Å². The number of urea groups is 1. The molecule has 0 aliphatic rings. The van der Waals surface area contributed by atoms with Crippen LogP contribution in [0.25, 0.3) is 0 Å². The number of aryl methyl sites for hydroxylation is 1. The van der Waals surface area contributed by atoms with Crippen LogP contribution in [0.1, 0.15) is 5.56 Å². The molecule has 0 aliphatic carbocycles. The highest BCUT2D eigenvalue weighted by atomic mass is 16.5. The van der Waals surface area contributed by atoms with Gasteiger partial charge in [0.1, 0.15) is 13.2 Å². The lowest BCUT2D eigenvalue weighted by Crippen LogP contribution is -2.37. The number of ether oxygens (including phenoxy) is 1. The molecule has 0 radical (unpaired) electrons.